The molecule has 0 saturated carbocycles. The van der Waals surface area contributed by atoms with Crippen LogP contribution in [0.3, 0.4) is 0 Å². The number of rotatable bonds is 8. The smallest absolute Gasteiger partial charge is 0.257 e. The van der Waals surface area contributed by atoms with E-state index in [1.807, 2.05) is 6.92 Å². The van der Waals surface area contributed by atoms with Crippen molar-refractivity contribution >= 4 is 34.8 Å². The lowest BCUT2D eigenvalue weighted by molar-refractivity contribution is 0.0953. The number of anilines is 1. The molecule has 0 aromatic heterocycles. The van der Waals surface area contributed by atoms with Gasteiger partial charge in [0.15, 0.2) is 5.11 Å². The first-order valence-electron chi connectivity index (χ1n) is 9.62. The Morgan fingerprint density at radius 3 is 2.14 bits per heavy atom. The lowest BCUT2D eigenvalue weighted by atomic mass is 10.1. The van der Waals surface area contributed by atoms with Crippen LogP contribution < -0.4 is 20.7 Å². The number of benzene rings is 2. The van der Waals surface area contributed by atoms with E-state index in [1.54, 1.807) is 48.5 Å². The second-order valence-corrected chi connectivity index (χ2v) is 7.31. The van der Waals surface area contributed by atoms with E-state index in [1.165, 1.54) is 0 Å². The van der Waals surface area contributed by atoms with Crippen molar-refractivity contribution in [2.24, 2.45) is 5.92 Å². The fraction of sp³-hybridized carbons (Fsp3) is 0.318. The predicted molar refractivity (Wildman–Crippen MR) is 120 cm³/mol. The van der Waals surface area contributed by atoms with E-state index in [0.717, 1.165) is 12.2 Å². The highest BCUT2D eigenvalue weighted by atomic mass is 32.1. The van der Waals surface area contributed by atoms with E-state index in [0.29, 0.717) is 35.9 Å². The molecule has 6 nitrogen and oxygen atoms in total. The minimum absolute atomic E-state index is 0.133. The summed E-state index contributed by atoms with van der Waals surface area (Å²) in [5.74, 6) is 0.870. The normalized spacial score (nSPS) is 10.3. The highest BCUT2D eigenvalue weighted by molar-refractivity contribution is 7.80. The van der Waals surface area contributed by atoms with Crippen molar-refractivity contribution in [2.45, 2.75) is 27.2 Å². The van der Waals surface area contributed by atoms with Crippen molar-refractivity contribution in [3.05, 3.63) is 59.7 Å². The van der Waals surface area contributed by atoms with E-state index in [9.17, 15) is 9.59 Å². The lowest BCUT2D eigenvalue weighted by Gasteiger charge is -2.11. The fourth-order valence-corrected chi connectivity index (χ4v) is 2.63. The summed E-state index contributed by atoms with van der Waals surface area (Å²) in [4.78, 5) is 24.1. The Balaban J connectivity index is 1.85. The molecule has 0 saturated heterocycles. The van der Waals surface area contributed by atoms with E-state index < -0.39 is 0 Å². The molecule has 0 unspecified atom stereocenters. The van der Waals surface area contributed by atoms with Crippen LogP contribution in [0.1, 0.15) is 47.9 Å². The van der Waals surface area contributed by atoms with Crippen molar-refractivity contribution in [2.75, 3.05) is 18.5 Å². The average molecular weight is 414 g/mol. The van der Waals surface area contributed by atoms with Gasteiger partial charge in [-0.3, -0.25) is 14.9 Å². The number of amides is 2. The topological polar surface area (TPSA) is 79.5 Å². The molecule has 0 spiro atoms. The molecular formula is C22H27N3O3S. The number of carbonyl (C=O) groups is 2. The van der Waals surface area contributed by atoms with Crippen LogP contribution in [0, 0.1) is 5.92 Å². The molecule has 29 heavy (non-hydrogen) atoms. The van der Waals surface area contributed by atoms with Gasteiger partial charge in [-0.15, -0.1) is 0 Å². The summed E-state index contributed by atoms with van der Waals surface area (Å²) in [5.41, 5.74) is 1.72. The zero-order valence-corrected chi connectivity index (χ0v) is 17.8. The van der Waals surface area contributed by atoms with Gasteiger partial charge >= 0.3 is 0 Å². The van der Waals surface area contributed by atoms with E-state index in [4.69, 9.17) is 17.0 Å². The summed E-state index contributed by atoms with van der Waals surface area (Å²) in [6, 6.07) is 13.8. The van der Waals surface area contributed by atoms with Crippen LogP contribution in [0.4, 0.5) is 5.69 Å². The molecule has 2 rings (SSSR count). The van der Waals surface area contributed by atoms with Gasteiger partial charge in [-0.2, -0.15) is 0 Å². The average Bonchev–Trinajstić information content (AvgIpc) is 2.69. The third kappa shape index (κ3) is 7.54. The largest absolute Gasteiger partial charge is 0.494 e. The first-order chi connectivity index (χ1) is 13.9. The Bertz CT molecular complexity index is 833. The van der Waals surface area contributed by atoms with Crippen LogP contribution in [0.2, 0.25) is 0 Å². The van der Waals surface area contributed by atoms with Gasteiger partial charge in [0.05, 0.1) is 6.61 Å². The van der Waals surface area contributed by atoms with Gasteiger partial charge in [-0.05, 0) is 80.0 Å². The Kier molecular flexibility index (Phi) is 8.61. The van der Waals surface area contributed by atoms with E-state index in [-0.39, 0.29) is 16.9 Å². The quantitative estimate of drug-likeness (QED) is 0.571. The van der Waals surface area contributed by atoms with Crippen LogP contribution >= 0.6 is 12.2 Å². The van der Waals surface area contributed by atoms with Gasteiger partial charge in [0.2, 0.25) is 0 Å². The van der Waals surface area contributed by atoms with Gasteiger partial charge in [-0.1, -0.05) is 13.8 Å². The van der Waals surface area contributed by atoms with Gasteiger partial charge in [0, 0.05) is 23.4 Å². The second kappa shape index (κ2) is 11.2. The Morgan fingerprint density at radius 1 is 0.966 bits per heavy atom. The maximum atomic E-state index is 12.3. The van der Waals surface area contributed by atoms with Gasteiger partial charge in [0.1, 0.15) is 5.75 Å². The molecule has 154 valence electrons. The summed E-state index contributed by atoms with van der Waals surface area (Å²) in [6.45, 7) is 7.37. The number of hydrogen-bond acceptors (Lipinski definition) is 4. The predicted octanol–water partition coefficient (Wildman–Crippen LogP) is 3.99. The van der Waals surface area contributed by atoms with Gasteiger partial charge in [0.25, 0.3) is 11.8 Å². The fourth-order valence-electron chi connectivity index (χ4n) is 2.42. The number of hydrogen-bond donors (Lipinski definition) is 3. The molecule has 2 amide bonds. The van der Waals surface area contributed by atoms with Crippen LogP contribution in [0.15, 0.2) is 48.5 Å². The Hall–Kier alpha value is -2.93. The van der Waals surface area contributed by atoms with Crippen LogP contribution in [0.5, 0.6) is 5.75 Å². The number of thiocarbonyl (C=S) groups is 1. The summed E-state index contributed by atoms with van der Waals surface area (Å²) in [5, 5.41) is 8.49. The molecule has 0 radical (unpaired) electrons. The van der Waals surface area contributed by atoms with Crippen molar-refractivity contribution < 1.29 is 14.3 Å². The lowest BCUT2D eigenvalue weighted by Crippen LogP contribution is -2.34. The van der Waals surface area contributed by atoms with Crippen molar-refractivity contribution in [3.8, 4) is 5.75 Å². The highest BCUT2D eigenvalue weighted by Crippen LogP contribution is 2.14. The summed E-state index contributed by atoms with van der Waals surface area (Å²) < 4.78 is 5.66. The first-order valence-corrected chi connectivity index (χ1v) is 10.0. The van der Waals surface area contributed by atoms with Crippen LogP contribution in [-0.4, -0.2) is 30.1 Å². The molecule has 0 heterocycles. The van der Waals surface area contributed by atoms with Crippen molar-refractivity contribution in [1.82, 2.24) is 10.6 Å². The monoisotopic (exact) mass is 413 g/mol. The summed E-state index contributed by atoms with van der Waals surface area (Å²) >= 11 is 5.20. The molecule has 7 heteroatoms. The zero-order chi connectivity index (χ0) is 21.2. The Labute approximate surface area is 177 Å². The molecule has 0 fully saturated rings. The summed E-state index contributed by atoms with van der Waals surface area (Å²) in [7, 11) is 0. The molecule has 0 aliphatic heterocycles. The number of ether oxygens (including phenoxy) is 1. The molecule has 0 aliphatic carbocycles. The molecular weight excluding hydrogens is 386 g/mol. The standard InChI is InChI=1S/C22H27N3O3S/c1-4-23-20(26)16-5-9-18(10-6-16)24-22(29)25-21(27)17-7-11-19(12-8-17)28-14-13-15(2)3/h5-12,15H,4,13-14H2,1-3H3,(H,23,26)(H2,24,25,27,29). The molecule has 3 N–H and O–H groups in total. The number of nitrogens with one attached hydrogen (secondary N) is 3. The molecule has 0 aliphatic rings. The maximum absolute atomic E-state index is 12.3. The van der Waals surface area contributed by atoms with Crippen molar-refractivity contribution in [1.29, 1.82) is 0 Å². The highest BCUT2D eigenvalue weighted by Gasteiger charge is 2.09. The van der Waals surface area contributed by atoms with E-state index >= 15 is 0 Å². The maximum Gasteiger partial charge on any atom is 0.257 e. The van der Waals surface area contributed by atoms with Gasteiger partial charge in [-0.25, -0.2) is 0 Å². The molecule has 0 bridgehead atoms. The molecule has 0 atom stereocenters. The SMILES string of the molecule is CCNC(=O)c1ccc(NC(=S)NC(=O)c2ccc(OCCC(C)C)cc2)cc1. The zero-order valence-electron chi connectivity index (χ0n) is 17.0. The minimum atomic E-state index is -0.310. The van der Waals surface area contributed by atoms with Crippen LogP contribution in [0.25, 0.3) is 0 Å². The van der Waals surface area contributed by atoms with Crippen LogP contribution in [-0.2, 0) is 0 Å². The Morgan fingerprint density at radius 2 is 1.55 bits per heavy atom. The third-order valence-corrected chi connectivity index (χ3v) is 4.25. The van der Waals surface area contributed by atoms with Gasteiger partial charge < -0.3 is 15.4 Å². The summed E-state index contributed by atoms with van der Waals surface area (Å²) in [6.07, 6.45) is 0.979. The molecule has 2 aromatic carbocycles. The second-order valence-electron chi connectivity index (χ2n) is 6.90. The number of carbonyl (C=O) groups excluding carboxylic acids is 2. The van der Waals surface area contributed by atoms with E-state index in [2.05, 4.69) is 29.8 Å². The molecule has 2 aromatic rings. The minimum Gasteiger partial charge on any atom is -0.494 e. The first kappa shape index (κ1) is 22.4. The third-order valence-electron chi connectivity index (χ3n) is 4.05. The van der Waals surface area contributed by atoms with Crippen molar-refractivity contribution in [3.63, 3.8) is 0 Å².